The molecule has 0 aromatic carbocycles. The van der Waals surface area contributed by atoms with Crippen molar-refractivity contribution in [3.8, 4) is 0 Å². The largest absolute Gasteiger partial charge is 0.466 e. The Bertz CT molecular complexity index is 844. The summed E-state index contributed by atoms with van der Waals surface area (Å²) < 4.78 is 11.1. The number of ether oxygens (including phenoxy) is 2. The maximum Gasteiger partial charge on any atom is 0.330 e. The second kappa shape index (κ2) is 34.3. The van der Waals surface area contributed by atoms with E-state index in [1.54, 1.807) is 25.7 Å². The molecule has 5 N–H and O–H groups in total. The Kier molecular flexibility index (Phi) is 31.9. The first-order chi connectivity index (χ1) is 24.8. The number of carbonyl (C=O) groups is 2. The van der Waals surface area contributed by atoms with Gasteiger partial charge in [-0.15, -0.1) is 0 Å². The summed E-state index contributed by atoms with van der Waals surface area (Å²) in [5, 5.41) is 0. The van der Waals surface area contributed by atoms with Gasteiger partial charge < -0.3 is 34.0 Å². The highest BCUT2D eigenvalue weighted by Crippen LogP contribution is 2.08. The van der Waals surface area contributed by atoms with Crippen LogP contribution in [0.1, 0.15) is 136 Å². The van der Waals surface area contributed by atoms with Gasteiger partial charge in [-0.25, -0.2) is 4.79 Å². The number of hydrogen-bond acceptors (Lipinski definition) is 4. The van der Waals surface area contributed by atoms with Gasteiger partial charge in [0, 0.05) is 31.8 Å². The fraction of sp³-hybridized carbons (Fsp3) is 0.905. The summed E-state index contributed by atoms with van der Waals surface area (Å²) in [6.07, 6.45) is 25.7. The summed E-state index contributed by atoms with van der Waals surface area (Å²) in [5.41, 5.74) is 0. The van der Waals surface area contributed by atoms with E-state index in [0.717, 1.165) is 58.2 Å². The molecule has 9 nitrogen and oxygen atoms in total. The second-order valence-electron chi connectivity index (χ2n) is 16.0. The van der Waals surface area contributed by atoms with E-state index >= 15 is 0 Å². The van der Waals surface area contributed by atoms with Crippen molar-refractivity contribution >= 4 is 11.9 Å². The average molecular weight is 727 g/mol. The van der Waals surface area contributed by atoms with Gasteiger partial charge in [0.2, 0.25) is 0 Å². The minimum Gasteiger partial charge on any atom is -0.466 e. The first kappa shape index (κ1) is 47.5. The first-order valence-corrected chi connectivity index (χ1v) is 21.9. The lowest BCUT2D eigenvalue weighted by Gasteiger charge is -2.25. The van der Waals surface area contributed by atoms with E-state index in [9.17, 15) is 9.59 Å². The van der Waals surface area contributed by atoms with Crippen LogP contribution in [0.3, 0.4) is 0 Å². The maximum absolute atomic E-state index is 12.5. The van der Waals surface area contributed by atoms with Crippen molar-refractivity contribution in [2.24, 2.45) is 0 Å². The maximum atomic E-state index is 12.5. The third-order valence-corrected chi connectivity index (χ3v) is 10.9. The molecule has 0 amide bonds. The molecule has 1 fully saturated rings. The van der Waals surface area contributed by atoms with Crippen LogP contribution in [0.5, 0.6) is 0 Å². The van der Waals surface area contributed by atoms with Gasteiger partial charge in [-0.1, -0.05) is 90.9 Å². The van der Waals surface area contributed by atoms with Crippen molar-refractivity contribution in [2.45, 2.75) is 136 Å². The van der Waals surface area contributed by atoms with Gasteiger partial charge in [-0.3, -0.25) is 4.79 Å². The van der Waals surface area contributed by atoms with E-state index in [1.807, 2.05) is 6.08 Å². The minimum atomic E-state index is -0.226. The first-order valence-electron chi connectivity index (χ1n) is 21.9. The lowest BCUT2D eigenvalue weighted by Crippen LogP contribution is -3.21. The molecule has 1 aliphatic heterocycles. The number of esters is 2. The van der Waals surface area contributed by atoms with Gasteiger partial charge in [-0.2, -0.15) is 0 Å². The standard InChI is InChI=1S/C42H83N5O4/c1-6-8-10-12-14-16-18-39-50-41(48)25-20-30-46(31-21-26-42(49)51-40-19-17-15-13-11-9-7-2)33-24-34-47-32-23-29-44(4)36-35-43(3)27-22-28-45(5)37-38-47/h20,25H,6-19,21-24,26-40H2,1-5H3/p+5/b25-20+. The summed E-state index contributed by atoms with van der Waals surface area (Å²) in [6.45, 7) is 19.5. The van der Waals surface area contributed by atoms with Crippen molar-refractivity contribution in [1.29, 1.82) is 0 Å². The predicted octanol–water partition coefficient (Wildman–Crippen LogP) is 0.408. The smallest absolute Gasteiger partial charge is 0.330 e. The van der Waals surface area contributed by atoms with Crippen LogP contribution in [0.2, 0.25) is 0 Å². The van der Waals surface area contributed by atoms with Crippen LogP contribution in [0.15, 0.2) is 12.2 Å². The van der Waals surface area contributed by atoms with Crippen molar-refractivity contribution in [3.63, 3.8) is 0 Å². The molecular formula is C42H88N5O4+5. The van der Waals surface area contributed by atoms with Crippen molar-refractivity contribution in [3.05, 3.63) is 12.2 Å². The minimum absolute atomic E-state index is 0.0631. The molecule has 51 heavy (non-hydrogen) atoms. The van der Waals surface area contributed by atoms with Crippen LogP contribution in [-0.4, -0.2) is 125 Å². The molecule has 0 spiro atoms. The quantitative estimate of drug-likeness (QED) is 0.0484. The van der Waals surface area contributed by atoms with E-state index in [-0.39, 0.29) is 11.9 Å². The highest BCUT2D eigenvalue weighted by molar-refractivity contribution is 5.81. The Hall–Kier alpha value is -1.52. The molecule has 0 aromatic heterocycles. The van der Waals surface area contributed by atoms with Gasteiger partial charge in [0.15, 0.2) is 0 Å². The Balaban J connectivity index is 2.57. The van der Waals surface area contributed by atoms with Crippen LogP contribution in [0, 0.1) is 0 Å². The SMILES string of the molecule is CCCCCCCCCOC(=O)/C=C/C[NH+](CCCC(=O)OCCCCCCCCC)CCC[NH+]1CCC[NH+](C)CC[NH+](C)CCC[NH+](C)CC1. The number of hydrogen-bond donors (Lipinski definition) is 5. The van der Waals surface area contributed by atoms with Gasteiger partial charge in [0.25, 0.3) is 0 Å². The Labute approximate surface area is 315 Å². The Morgan fingerprint density at radius 1 is 0.569 bits per heavy atom. The third-order valence-electron chi connectivity index (χ3n) is 10.9. The molecule has 5 atom stereocenters. The van der Waals surface area contributed by atoms with E-state index in [0.29, 0.717) is 19.6 Å². The number of rotatable bonds is 27. The molecule has 0 aliphatic carbocycles. The molecular weight excluding hydrogens is 638 g/mol. The molecule has 0 aromatic rings. The summed E-state index contributed by atoms with van der Waals surface area (Å²) in [6, 6.07) is 0. The van der Waals surface area contributed by atoms with Crippen LogP contribution in [-0.2, 0) is 19.1 Å². The monoisotopic (exact) mass is 727 g/mol. The zero-order valence-electron chi connectivity index (χ0n) is 34.6. The Morgan fingerprint density at radius 3 is 1.65 bits per heavy atom. The fourth-order valence-electron chi connectivity index (χ4n) is 7.22. The van der Waals surface area contributed by atoms with Crippen molar-refractivity contribution in [2.75, 3.05) is 113 Å². The second-order valence-corrected chi connectivity index (χ2v) is 16.0. The van der Waals surface area contributed by atoms with Gasteiger partial charge in [0.1, 0.15) is 26.2 Å². The molecule has 1 saturated heterocycles. The molecule has 1 aliphatic rings. The fourth-order valence-corrected chi connectivity index (χ4v) is 7.22. The lowest BCUT2D eigenvalue weighted by atomic mass is 10.1. The van der Waals surface area contributed by atoms with Crippen LogP contribution < -0.4 is 24.5 Å². The lowest BCUT2D eigenvalue weighted by molar-refractivity contribution is -0.965. The van der Waals surface area contributed by atoms with E-state index in [1.165, 1.54) is 141 Å². The number of nitrogens with one attached hydrogen (secondary N) is 5. The number of likely N-dealkylation sites (N-methyl/N-ethyl adjacent to an activating group) is 3. The van der Waals surface area contributed by atoms with Crippen molar-refractivity contribution in [1.82, 2.24) is 0 Å². The zero-order chi connectivity index (χ0) is 37.2. The topological polar surface area (TPSA) is 74.8 Å². The molecule has 0 radical (unpaired) electrons. The summed E-state index contributed by atoms with van der Waals surface area (Å²) in [7, 11) is 7.09. The van der Waals surface area contributed by atoms with E-state index in [4.69, 9.17) is 9.47 Å². The molecule has 300 valence electrons. The van der Waals surface area contributed by atoms with E-state index in [2.05, 4.69) is 35.0 Å². The molecule has 1 rings (SSSR count). The summed E-state index contributed by atoms with van der Waals surface area (Å²) in [4.78, 5) is 33.1. The third kappa shape index (κ3) is 30.6. The molecule has 0 bridgehead atoms. The highest BCUT2D eigenvalue weighted by Gasteiger charge is 2.18. The Morgan fingerprint density at radius 2 is 1.06 bits per heavy atom. The molecule has 0 saturated carbocycles. The van der Waals surface area contributed by atoms with Gasteiger partial charge in [-0.05, 0) is 18.9 Å². The zero-order valence-corrected chi connectivity index (χ0v) is 34.6. The predicted molar refractivity (Wildman–Crippen MR) is 211 cm³/mol. The van der Waals surface area contributed by atoms with Gasteiger partial charge in [0.05, 0.1) is 93.1 Å². The summed E-state index contributed by atoms with van der Waals surface area (Å²) >= 11 is 0. The van der Waals surface area contributed by atoms with Crippen molar-refractivity contribution < 1.29 is 43.6 Å². The highest BCUT2D eigenvalue weighted by atomic mass is 16.5. The average Bonchev–Trinajstić information content (AvgIpc) is 3.11. The molecule has 1 heterocycles. The van der Waals surface area contributed by atoms with Crippen LogP contribution in [0.4, 0.5) is 0 Å². The number of quaternary nitrogens is 5. The molecule has 5 unspecified atom stereocenters. The summed E-state index contributed by atoms with van der Waals surface area (Å²) in [5.74, 6) is -0.289. The number of unbranched alkanes of at least 4 members (excludes halogenated alkanes) is 12. The van der Waals surface area contributed by atoms with Crippen LogP contribution >= 0.6 is 0 Å². The van der Waals surface area contributed by atoms with Gasteiger partial charge >= 0.3 is 11.9 Å². The number of carbonyl (C=O) groups excluding carboxylic acids is 2. The molecule has 9 heteroatoms. The van der Waals surface area contributed by atoms with Crippen LogP contribution in [0.25, 0.3) is 0 Å². The van der Waals surface area contributed by atoms with E-state index < -0.39 is 0 Å². The normalized spacial score (nSPS) is 21.7.